The lowest BCUT2D eigenvalue weighted by atomic mass is 10.1. The molecule has 26 heavy (non-hydrogen) atoms. The monoisotopic (exact) mass is 373 g/mol. The Hall–Kier alpha value is -1.94. The first-order valence-corrected chi connectivity index (χ1v) is 8.55. The number of aromatic nitrogens is 2. The van der Waals surface area contributed by atoms with Gasteiger partial charge in [-0.05, 0) is 25.8 Å². The second-order valence-corrected chi connectivity index (χ2v) is 6.90. The van der Waals surface area contributed by atoms with E-state index in [0.717, 1.165) is 6.07 Å². The summed E-state index contributed by atoms with van der Waals surface area (Å²) in [4.78, 5) is 23.6. The van der Waals surface area contributed by atoms with E-state index < -0.39 is 18.0 Å². The first kappa shape index (κ1) is 18.8. The zero-order valence-electron chi connectivity index (χ0n) is 14.4. The summed E-state index contributed by atoms with van der Waals surface area (Å²) in [6, 6.07) is 0.532. The predicted molar refractivity (Wildman–Crippen MR) is 87.3 cm³/mol. The number of hydrogen-bond acceptors (Lipinski definition) is 6. The van der Waals surface area contributed by atoms with Crippen molar-refractivity contribution >= 4 is 11.9 Å². The van der Waals surface area contributed by atoms with Crippen LogP contribution in [0.15, 0.2) is 6.07 Å². The molecular weight excluding hydrogens is 351 g/mol. The fraction of sp³-hybridized carbons (Fsp3) is 0.688. The summed E-state index contributed by atoms with van der Waals surface area (Å²) >= 11 is 0. The summed E-state index contributed by atoms with van der Waals surface area (Å²) in [5, 5.41) is 9.71. The molecule has 2 aliphatic rings. The Bertz CT molecular complexity index is 666. The van der Waals surface area contributed by atoms with E-state index in [-0.39, 0.29) is 29.5 Å². The van der Waals surface area contributed by atoms with Gasteiger partial charge in [0.15, 0.2) is 0 Å². The molecule has 1 aromatic rings. The van der Waals surface area contributed by atoms with Crippen molar-refractivity contribution in [3.63, 3.8) is 0 Å². The highest BCUT2D eigenvalue weighted by Crippen LogP contribution is 2.30. The largest absolute Gasteiger partial charge is 0.433 e. The minimum absolute atomic E-state index is 0.0303. The third-order valence-corrected chi connectivity index (χ3v) is 4.93. The second kappa shape index (κ2) is 6.99. The third kappa shape index (κ3) is 3.90. The van der Waals surface area contributed by atoms with E-state index in [0.29, 0.717) is 39.0 Å². The Morgan fingerprint density at radius 3 is 2.42 bits per heavy atom. The van der Waals surface area contributed by atoms with Gasteiger partial charge in [0.25, 0.3) is 0 Å². The van der Waals surface area contributed by atoms with Gasteiger partial charge in [-0.1, -0.05) is 0 Å². The first-order chi connectivity index (χ1) is 12.1. The average Bonchev–Trinajstić information content (AvgIpc) is 2.92. The first-order valence-electron chi connectivity index (χ1n) is 8.55. The van der Waals surface area contributed by atoms with Crippen LogP contribution < -0.4 is 10.6 Å². The lowest BCUT2D eigenvalue weighted by molar-refractivity contribution is -0.141. The molecular formula is C16H22F3N5O2. The predicted octanol–water partition coefficient (Wildman–Crippen LogP) is 0.551. The number of aliphatic hydroxyl groups excluding tert-OH is 1. The molecule has 3 N–H and O–H groups in total. The van der Waals surface area contributed by atoms with Crippen LogP contribution in [0.1, 0.15) is 24.2 Å². The van der Waals surface area contributed by atoms with Gasteiger partial charge in [-0.2, -0.15) is 13.2 Å². The number of carbonyl (C=O) groups excluding carboxylic acids is 1. The summed E-state index contributed by atoms with van der Waals surface area (Å²) in [5.41, 5.74) is 5.04. The van der Waals surface area contributed by atoms with E-state index in [4.69, 9.17) is 5.73 Å². The SMILES string of the molecule is Cc1cc(C(F)(F)F)nc(N2CCN(C(=O)[C@H]3C[C@H](N)[C@@H](O)C3)CC2)n1. The highest BCUT2D eigenvalue weighted by molar-refractivity contribution is 5.79. The van der Waals surface area contributed by atoms with Crippen LogP contribution in [0.25, 0.3) is 0 Å². The highest BCUT2D eigenvalue weighted by atomic mass is 19.4. The Morgan fingerprint density at radius 1 is 1.23 bits per heavy atom. The van der Waals surface area contributed by atoms with Crippen molar-refractivity contribution in [2.24, 2.45) is 11.7 Å². The molecule has 3 atom stereocenters. The molecule has 1 aliphatic heterocycles. The number of aliphatic hydroxyl groups is 1. The van der Waals surface area contributed by atoms with Crippen LogP contribution in [0.3, 0.4) is 0 Å². The van der Waals surface area contributed by atoms with E-state index in [2.05, 4.69) is 9.97 Å². The van der Waals surface area contributed by atoms with Gasteiger partial charge in [0.1, 0.15) is 5.69 Å². The summed E-state index contributed by atoms with van der Waals surface area (Å²) in [6.07, 6.45) is -4.37. The van der Waals surface area contributed by atoms with Crippen LogP contribution in [-0.2, 0) is 11.0 Å². The maximum atomic E-state index is 12.9. The summed E-state index contributed by atoms with van der Waals surface area (Å²) in [5.74, 6) is -0.320. The third-order valence-electron chi connectivity index (χ3n) is 4.93. The fourth-order valence-corrected chi connectivity index (χ4v) is 3.47. The van der Waals surface area contributed by atoms with Gasteiger partial charge in [0.2, 0.25) is 11.9 Å². The van der Waals surface area contributed by atoms with Crippen LogP contribution in [0.2, 0.25) is 0 Å². The number of carbonyl (C=O) groups is 1. The van der Waals surface area contributed by atoms with Crippen molar-refractivity contribution in [1.82, 2.24) is 14.9 Å². The molecule has 144 valence electrons. The maximum absolute atomic E-state index is 12.9. The van der Waals surface area contributed by atoms with E-state index in [1.54, 1.807) is 9.80 Å². The fourth-order valence-electron chi connectivity index (χ4n) is 3.47. The summed E-state index contributed by atoms with van der Waals surface area (Å²) in [7, 11) is 0. The number of hydrogen-bond donors (Lipinski definition) is 2. The lowest BCUT2D eigenvalue weighted by Gasteiger charge is -2.36. The van der Waals surface area contributed by atoms with Crippen molar-refractivity contribution in [3.05, 3.63) is 17.5 Å². The molecule has 7 nitrogen and oxygen atoms in total. The molecule has 1 saturated carbocycles. The molecule has 1 aliphatic carbocycles. The highest BCUT2D eigenvalue weighted by Gasteiger charge is 2.38. The summed E-state index contributed by atoms with van der Waals surface area (Å²) in [6.45, 7) is 2.95. The van der Waals surface area contributed by atoms with E-state index in [9.17, 15) is 23.1 Å². The number of anilines is 1. The number of halogens is 3. The molecule has 0 radical (unpaired) electrons. The quantitative estimate of drug-likeness (QED) is 0.786. The number of nitrogens with two attached hydrogens (primary N) is 1. The summed E-state index contributed by atoms with van der Waals surface area (Å²) < 4.78 is 38.8. The number of alkyl halides is 3. The topological polar surface area (TPSA) is 95.6 Å². The average molecular weight is 373 g/mol. The molecule has 2 heterocycles. The van der Waals surface area contributed by atoms with Gasteiger partial charge >= 0.3 is 6.18 Å². The van der Waals surface area contributed by atoms with Crippen LogP contribution in [-0.4, -0.2) is 64.2 Å². The van der Waals surface area contributed by atoms with Crippen molar-refractivity contribution in [1.29, 1.82) is 0 Å². The van der Waals surface area contributed by atoms with Crippen molar-refractivity contribution in [2.75, 3.05) is 31.1 Å². The maximum Gasteiger partial charge on any atom is 0.433 e. The smallest absolute Gasteiger partial charge is 0.391 e. The number of amides is 1. The Balaban J connectivity index is 1.64. The van der Waals surface area contributed by atoms with Crippen molar-refractivity contribution in [3.8, 4) is 0 Å². The Morgan fingerprint density at radius 2 is 1.88 bits per heavy atom. The molecule has 2 fully saturated rings. The van der Waals surface area contributed by atoms with E-state index in [1.165, 1.54) is 6.92 Å². The molecule has 1 aromatic heterocycles. The van der Waals surface area contributed by atoms with Gasteiger partial charge in [-0.25, -0.2) is 9.97 Å². The molecule has 0 bridgehead atoms. The second-order valence-electron chi connectivity index (χ2n) is 6.90. The van der Waals surface area contributed by atoms with Gasteiger partial charge in [0, 0.05) is 43.8 Å². The van der Waals surface area contributed by atoms with Crippen LogP contribution in [0.4, 0.5) is 19.1 Å². The van der Waals surface area contributed by atoms with E-state index in [1.807, 2.05) is 0 Å². The van der Waals surface area contributed by atoms with Gasteiger partial charge in [-0.3, -0.25) is 4.79 Å². The lowest BCUT2D eigenvalue weighted by Crippen LogP contribution is -2.50. The minimum atomic E-state index is -4.53. The molecule has 0 spiro atoms. The van der Waals surface area contributed by atoms with Gasteiger partial charge < -0.3 is 20.6 Å². The number of aryl methyl sites for hydroxylation is 1. The normalized spacial score (nSPS) is 27.1. The van der Waals surface area contributed by atoms with Crippen LogP contribution in [0, 0.1) is 12.8 Å². The number of nitrogens with zero attached hydrogens (tertiary/aromatic N) is 4. The zero-order chi connectivity index (χ0) is 19.1. The number of rotatable bonds is 2. The van der Waals surface area contributed by atoms with Crippen molar-refractivity contribution < 1.29 is 23.1 Å². The Kier molecular flexibility index (Phi) is 5.07. The minimum Gasteiger partial charge on any atom is -0.391 e. The zero-order valence-corrected chi connectivity index (χ0v) is 14.4. The molecule has 10 heteroatoms. The molecule has 0 unspecified atom stereocenters. The Labute approximate surface area is 149 Å². The molecule has 3 rings (SSSR count). The van der Waals surface area contributed by atoms with Crippen LogP contribution in [0.5, 0.6) is 0 Å². The number of piperazine rings is 1. The molecule has 0 aromatic carbocycles. The standard InChI is InChI=1S/C16H22F3N5O2/c1-9-6-13(16(17,18)19)22-15(21-9)24-4-2-23(3-5-24)14(26)10-7-11(20)12(25)8-10/h6,10-12,25H,2-5,7-8,20H2,1H3/t10-,11-,12-/m0/s1. The van der Waals surface area contributed by atoms with E-state index >= 15 is 0 Å². The molecule has 1 saturated heterocycles. The van der Waals surface area contributed by atoms with Crippen LogP contribution >= 0.6 is 0 Å². The van der Waals surface area contributed by atoms with Crippen molar-refractivity contribution in [2.45, 2.75) is 38.1 Å². The van der Waals surface area contributed by atoms with Gasteiger partial charge in [-0.15, -0.1) is 0 Å². The molecule has 1 amide bonds. The van der Waals surface area contributed by atoms with Gasteiger partial charge in [0.05, 0.1) is 6.10 Å².